The summed E-state index contributed by atoms with van der Waals surface area (Å²) in [5.74, 6) is -4.21. The Morgan fingerprint density at radius 1 is 1.33 bits per heavy atom. The van der Waals surface area contributed by atoms with Crippen LogP contribution in [0, 0.1) is 5.92 Å². The molecule has 7 heteroatoms. The third kappa shape index (κ3) is 6.03. The number of hydrogen-bond donors (Lipinski definition) is 2. The number of aliphatic carboxylic acids is 1. The van der Waals surface area contributed by atoms with Crippen LogP contribution >= 0.6 is 0 Å². The van der Waals surface area contributed by atoms with Crippen molar-refractivity contribution < 1.29 is 23.1 Å². The summed E-state index contributed by atoms with van der Waals surface area (Å²) in [5.41, 5.74) is 1.02. The predicted octanol–water partition coefficient (Wildman–Crippen LogP) is 2.37. The monoisotopic (exact) mass is 304 g/mol. The molecule has 1 aromatic rings. The molecule has 0 aliphatic rings. The third-order valence-electron chi connectivity index (χ3n) is 3.09. The van der Waals surface area contributed by atoms with E-state index >= 15 is 0 Å². The second kappa shape index (κ2) is 7.87. The van der Waals surface area contributed by atoms with Crippen LogP contribution in [0.2, 0.25) is 0 Å². The van der Waals surface area contributed by atoms with Crippen molar-refractivity contribution in [3.63, 3.8) is 0 Å². The molecule has 0 saturated carbocycles. The fourth-order valence-electron chi connectivity index (χ4n) is 1.84. The summed E-state index contributed by atoms with van der Waals surface area (Å²) in [6.07, 6.45) is -4.10. The largest absolute Gasteiger partial charge is 0.481 e. The lowest BCUT2D eigenvalue weighted by Gasteiger charge is -2.20. The number of benzene rings is 1. The molecule has 1 atom stereocenters. The molecule has 0 aromatic heterocycles. The van der Waals surface area contributed by atoms with Gasteiger partial charge in [0.25, 0.3) is 0 Å². The molecular weight excluding hydrogens is 285 g/mol. The first kappa shape index (κ1) is 17.3. The van der Waals surface area contributed by atoms with Crippen LogP contribution < -0.4 is 10.2 Å². The van der Waals surface area contributed by atoms with Gasteiger partial charge in [-0.05, 0) is 25.1 Å². The van der Waals surface area contributed by atoms with Crippen molar-refractivity contribution in [2.45, 2.75) is 12.6 Å². The highest BCUT2D eigenvalue weighted by molar-refractivity contribution is 5.71. The zero-order valence-corrected chi connectivity index (χ0v) is 11.7. The van der Waals surface area contributed by atoms with Gasteiger partial charge in [-0.25, -0.2) is 0 Å². The molecule has 2 N–H and O–H groups in total. The number of rotatable bonds is 8. The zero-order chi connectivity index (χ0) is 15.9. The van der Waals surface area contributed by atoms with Gasteiger partial charge >= 0.3 is 12.1 Å². The lowest BCUT2D eigenvalue weighted by atomic mass is 10.1. The minimum atomic E-state index is -4.72. The maximum Gasteiger partial charge on any atom is 0.403 e. The lowest BCUT2D eigenvalue weighted by Crippen LogP contribution is -2.39. The first-order valence-electron chi connectivity index (χ1n) is 6.59. The van der Waals surface area contributed by atoms with E-state index in [1.54, 1.807) is 0 Å². The number of alkyl halides is 3. The number of carboxylic acids is 1. The van der Waals surface area contributed by atoms with E-state index in [0.29, 0.717) is 19.5 Å². The SMILES string of the molecule is CN(CCCNCC(C(=O)O)C(F)(F)F)c1ccccc1. The minimum Gasteiger partial charge on any atom is -0.481 e. The number of hydrogen-bond acceptors (Lipinski definition) is 3. The Balaban J connectivity index is 2.27. The molecule has 0 spiro atoms. The Kier molecular flexibility index (Phi) is 6.48. The molecule has 0 bridgehead atoms. The lowest BCUT2D eigenvalue weighted by molar-refractivity contribution is -0.192. The average Bonchev–Trinajstić information content (AvgIpc) is 2.41. The predicted molar refractivity (Wildman–Crippen MR) is 74.4 cm³/mol. The quantitative estimate of drug-likeness (QED) is 0.724. The summed E-state index contributed by atoms with van der Waals surface area (Å²) in [5, 5.41) is 11.1. The van der Waals surface area contributed by atoms with Crippen molar-refractivity contribution in [1.82, 2.24) is 5.32 Å². The van der Waals surface area contributed by atoms with Gasteiger partial charge in [0, 0.05) is 25.8 Å². The highest BCUT2D eigenvalue weighted by Crippen LogP contribution is 2.25. The van der Waals surface area contributed by atoms with Crippen molar-refractivity contribution >= 4 is 11.7 Å². The summed E-state index contributed by atoms with van der Waals surface area (Å²) in [4.78, 5) is 12.5. The number of nitrogens with one attached hydrogen (secondary N) is 1. The van der Waals surface area contributed by atoms with E-state index in [-0.39, 0.29) is 0 Å². The number of nitrogens with zero attached hydrogens (tertiary/aromatic N) is 1. The average molecular weight is 304 g/mol. The minimum absolute atomic E-state index is 0.330. The number of carbonyl (C=O) groups is 1. The van der Waals surface area contributed by atoms with E-state index in [1.165, 1.54) is 0 Å². The normalized spacial score (nSPS) is 13.0. The van der Waals surface area contributed by atoms with E-state index in [0.717, 1.165) is 5.69 Å². The van der Waals surface area contributed by atoms with Crippen molar-refractivity contribution in [3.05, 3.63) is 30.3 Å². The third-order valence-corrected chi connectivity index (χ3v) is 3.09. The smallest absolute Gasteiger partial charge is 0.403 e. The number of para-hydroxylation sites is 1. The molecule has 1 unspecified atom stereocenters. The van der Waals surface area contributed by atoms with E-state index < -0.39 is 24.6 Å². The molecule has 118 valence electrons. The van der Waals surface area contributed by atoms with Gasteiger partial charge < -0.3 is 15.3 Å². The molecule has 1 aromatic carbocycles. The van der Waals surface area contributed by atoms with Crippen LogP contribution in [0.3, 0.4) is 0 Å². The zero-order valence-electron chi connectivity index (χ0n) is 11.7. The fraction of sp³-hybridized carbons (Fsp3) is 0.500. The molecule has 0 aliphatic heterocycles. The number of anilines is 1. The fourth-order valence-corrected chi connectivity index (χ4v) is 1.84. The van der Waals surface area contributed by atoms with Gasteiger partial charge in [-0.1, -0.05) is 18.2 Å². The van der Waals surface area contributed by atoms with Gasteiger partial charge in [-0.2, -0.15) is 13.2 Å². The van der Waals surface area contributed by atoms with Gasteiger partial charge in [-0.3, -0.25) is 4.79 Å². The van der Waals surface area contributed by atoms with Gasteiger partial charge in [0.15, 0.2) is 5.92 Å². The maximum atomic E-state index is 12.4. The topological polar surface area (TPSA) is 52.6 Å². The molecule has 0 saturated heterocycles. The Bertz CT molecular complexity index is 438. The van der Waals surface area contributed by atoms with Gasteiger partial charge in [0.2, 0.25) is 0 Å². The molecule has 0 heterocycles. The van der Waals surface area contributed by atoms with Crippen LogP contribution in [-0.4, -0.2) is 43.9 Å². The molecule has 4 nitrogen and oxygen atoms in total. The van der Waals surface area contributed by atoms with E-state index in [9.17, 15) is 18.0 Å². The summed E-state index contributed by atoms with van der Waals surface area (Å²) in [6.45, 7) is 0.395. The maximum absolute atomic E-state index is 12.4. The Labute approximate surface area is 121 Å². The summed E-state index contributed by atoms with van der Waals surface area (Å²) >= 11 is 0. The molecule has 0 fully saturated rings. The standard InChI is InChI=1S/C14H19F3N2O2/c1-19(11-6-3-2-4-7-11)9-5-8-18-10-12(13(20)21)14(15,16)17/h2-4,6-7,12,18H,5,8-10H2,1H3,(H,20,21). The van der Waals surface area contributed by atoms with Crippen LogP contribution in [0.25, 0.3) is 0 Å². The van der Waals surface area contributed by atoms with Crippen LogP contribution in [0.5, 0.6) is 0 Å². The Morgan fingerprint density at radius 2 is 1.95 bits per heavy atom. The molecule has 0 aliphatic carbocycles. The van der Waals surface area contributed by atoms with Crippen molar-refractivity contribution in [1.29, 1.82) is 0 Å². The molecule has 0 radical (unpaired) electrons. The highest BCUT2D eigenvalue weighted by Gasteiger charge is 2.44. The van der Waals surface area contributed by atoms with Crippen LogP contribution in [0.1, 0.15) is 6.42 Å². The first-order valence-corrected chi connectivity index (χ1v) is 6.59. The molecule has 1 rings (SSSR count). The van der Waals surface area contributed by atoms with Gasteiger partial charge in [0.05, 0.1) is 0 Å². The Morgan fingerprint density at radius 3 is 2.48 bits per heavy atom. The van der Waals surface area contributed by atoms with Crippen LogP contribution in [0.4, 0.5) is 18.9 Å². The first-order chi connectivity index (χ1) is 9.82. The van der Waals surface area contributed by atoms with Crippen molar-refractivity contribution in [2.24, 2.45) is 5.92 Å². The number of carboxylic acid groups (broad SMARTS) is 1. The summed E-state index contributed by atoms with van der Waals surface area (Å²) in [7, 11) is 1.89. The highest BCUT2D eigenvalue weighted by atomic mass is 19.4. The summed E-state index contributed by atoms with van der Waals surface area (Å²) < 4.78 is 37.2. The summed E-state index contributed by atoms with van der Waals surface area (Å²) in [6, 6.07) is 9.60. The second-order valence-electron chi connectivity index (χ2n) is 4.75. The van der Waals surface area contributed by atoms with E-state index in [2.05, 4.69) is 5.32 Å². The Hall–Kier alpha value is -1.76. The van der Waals surface area contributed by atoms with Crippen molar-refractivity contribution in [2.75, 3.05) is 31.6 Å². The van der Waals surface area contributed by atoms with Crippen LogP contribution in [-0.2, 0) is 4.79 Å². The number of halogens is 3. The van der Waals surface area contributed by atoms with Gasteiger partial charge in [-0.15, -0.1) is 0 Å². The molecule has 21 heavy (non-hydrogen) atoms. The van der Waals surface area contributed by atoms with E-state index in [4.69, 9.17) is 5.11 Å². The molecular formula is C14H19F3N2O2. The van der Waals surface area contributed by atoms with Gasteiger partial charge in [0.1, 0.15) is 0 Å². The van der Waals surface area contributed by atoms with Crippen molar-refractivity contribution in [3.8, 4) is 0 Å². The van der Waals surface area contributed by atoms with Crippen LogP contribution in [0.15, 0.2) is 30.3 Å². The second-order valence-corrected chi connectivity index (χ2v) is 4.75. The van der Waals surface area contributed by atoms with E-state index in [1.807, 2.05) is 42.3 Å². The molecule has 0 amide bonds.